The van der Waals surface area contributed by atoms with E-state index in [2.05, 4.69) is 25.3 Å². The number of anilines is 2. The van der Waals surface area contributed by atoms with Crippen molar-refractivity contribution >= 4 is 34.3 Å². The van der Waals surface area contributed by atoms with Gasteiger partial charge >= 0.3 is 11.9 Å². The van der Waals surface area contributed by atoms with Gasteiger partial charge in [0.05, 0.1) is 11.0 Å². The van der Waals surface area contributed by atoms with Gasteiger partial charge in [-0.05, 0) is 18.2 Å². The Labute approximate surface area is 125 Å². The minimum atomic E-state index is -4.63. The van der Waals surface area contributed by atoms with Crippen molar-refractivity contribution in [2.75, 3.05) is 5.32 Å². The molecule has 6 nitrogen and oxygen atoms in total. The number of H-pyrrole nitrogens is 2. The van der Waals surface area contributed by atoms with E-state index in [-0.39, 0.29) is 16.8 Å². The highest BCUT2D eigenvalue weighted by Crippen LogP contribution is 2.30. The summed E-state index contributed by atoms with van der Waals surface area (Å²) >= 11 is 5.58. The van der Waals surface area contributed by atoms with Gasteiger partial charge in [-0.2, -0.15) is 13.2 Å². The molecule has 0 saturated carbocycles. The lowest BCUT2D eigenvalue weighted by Crippen LogP contribution is -2.10. The molecule has 0 bridgehead atoms. The van der Waals surface area contributed by atoms with Crippen LogP contribution in [0.1, 0.15) is 5.69 Å². The Hall–Kier alpha value is -2.55. The van der Waals surface area contributed by atoms with E-state index in [1.54, 1.807) is 12.1 Å². The van der Waals surface area contributed by atoms with Crippen molar-refractivity contribution in [2.45, 2.75) is 6.18 Å². The summed E-state index contributed by atoms with van der Waals surface area (Å²) < 4.78 is 38.0. The average Bonchev–Trinajstić information content (AvgIpc) is 2.76. The van der Waals surface area contributed by atoms with E-state index in [1.165, 1.54) is 6.07 Å². The Bertz CT molecular complexity index is 902. The van der Waals surface area contributed by atoms with Gasteiger partial charge in [0, 0.05) is 11.8 Å². The van der Waals surface area contributed by atoms with Gasteiger partial charge in [-0.3, -0.25) is 0 Å². The first-order valence-corrected chi connectivity index (χ1v) is 6.30. The van der Waals surface area contributed by atoms with Crippen molar-refractivity contribution in [1.29, 1.82) is 0 Å². The summed E-state index contributed by atoms with van der Waals surface area (Å²) in [5, 5.41) is 2.28. The molecule has 2 aromatic heterocycles. The molecule has 2 heterocycles. The summed E-state index contributed by atoms with van der Waals surface area (Å²) in [6, 6.07) is 5.32. The lowest BCUT2D eigenvalue weighted by Gasteiger charge is -2.09. The zero-order valence-electron chi connectivity index (χ0n) is 10.6. The predicted molar refractivity (Wildman–Crippen MR) is 74.2 cm³/mol. The number of aromatic nitrogens is 4. The number of hydrogen-bond acceptors (Lipinski definition) is 4. The molecule has 0 spiro atoms. The SMILES string of the molecule is O=c1[nH]c2ccc(Nc3nc(Cl)cc(C(F)(F)F)n3)cc2[nH]1. The molecular formula is C12H7ClF3N5O. The zero-order valence-corrected chi connectivity index (χ0v) is 11.4. The number of aromatic amines is 2. The van der Waals surface area contributed by atoms with Crippen LogP contribution in [0.25, 0.3) is 11.0 Å². The van der Waals surface area contributed by atoms with Gasteiger partial charge in [0.15, 0.2) is 5.69 Å². The van der Waals surface area contributed by atoms with Gasteiger partial charge in [0.25, 0.3) is 0 Å². The van der Waals surface area contributed by atoms with E-state index in [0.717, 1.165) is 0 Å². The van der Waals surface area contributed by atoms with Crippen LogP contribution < -0.4 is 11.0 Å². The summed E-state index contributed by atoms with van der Waals surface area (Å²) in [5.74, 6) is -0.294. The monoisotopic (exact) mass is 329 g/mol. The standard InChI is InChI=1S/C12H7ClF3N5O/c13-9-4-8(12(14,15)16)20-10(21-9)17-5-1-2-6-7(3-5)19-11(22)18-6/h1-4H,(H,17,20,21)(H2,18,19,22). The van der Waals surface area contributed by atoms with E-state index in [9.17, 15) is 18.0 Å². The number of benzene rings is 1. The summed E-state index contributed by atoms with van der Waals surface area (Å²) in [7, 11) is 0. The number of rotatable bonds is 2. The molecule has 0 saturated heterocycles. The molecule has 0 aliphatic heterocycles. The minimum Gasteiger partial charge on any atom is -0.324 e. The smallest absolute Gasteiger partial charge is 0.324 e. The van der Waals surface area contributed by atoms with Crippen LogP contribution in [0.3, 0.4) is 0 Å². The van der Waals surface area contributed by atoms with Gasteiger partial charge in [-0.25, -0.2) is 14.8 Å². The first-order chi connectivity index (χ1) is 10.3. The van der Waals surface area contributed by atoms with Crippen LogP contribution in [0.15, 0.2) is 29.1 Å². The second-order valence-electron chi connectivity index (χ2n) is 4.36. The third-order valence-corrected chi connectivity index (χ3v) is 2.95. The fourth-order valence-electron chi connectivity index (χ4n) is 1.86. The molecule has 114 valence electrons. The van der Waals surface area contributed by atoms with Crippen molar-refractivity contribution in [3.8, 4) is 0 Å². The number of alkyl halides is 3. The molecular weight excluding hydrogens is 323 g/mol. The number of imidazole rings is 1. The van der Waals surface area contributed by atoms with Gasteiger partial charge in [0.1, 0.15) is 5.15 Å². The number of halogens is 4. The third-order valence-electron chi connectivity index (χ3n) is 2.76. The quantitative estimate of drug-likeness (QED) is 0.631. The minimum absolute atomic E-state index is 0.294. The Balaban J connectivity index is 1.97. The van der Waals surface area contributed by atoms with Crippen molar-refractivity contribution in [3.63, 3.8) is 0 Å². The number of fused-ring (bicyclic) bond motifs is 1. The summed E-state index contributed by atoms with van der Waals surface area (Å²) in [5.41, 5.74) is -0.0681. The van der Waals surface area contributed by atoms with Gasteiger partial charge in [0.2, 0.25) is 5.95 Å². The third kappa shape index (κ3) is 2.89. The lowest BCUT2D eigenvalue weighted by molar-refractivity contribution is -0.141. The fraction of sp³-hybridized carbons (Fsp3) is 0.0833. The molecule has 0 radical (unpaired) electrons. The van der Waals surface area contributed by atoms with Crippen LogP contribution in [0.5, 0.6) is 0 Å². The Kier molecular flexibility index (Phi) is 3.28. The Morgan fingerprint density at radius 1 is 1.09 bits per heavy atom. The molecule has 10 heteroatoms. The predicted octanol–water partition coefficient (Wildman–Crippen LogP) is 3.06. The largest absolute Gasteiger partial charge is 0.433 e. The Morgan fingerprint density at radius 3 is 2.55 bits per heavy atom. The molecule has 3 rings (SSSR count). The van der Waals surface area contributed by atoms with Crippen LogP contribution in [-0.2, 0) is 6.18 Å². The highest BCUT2D eigenvalue weighted by molar-refractivity contribution is 6.29. The number of nitrogens with one attached hydrogen (secondary N) is 3. The molecule has 0 aliphatic rings. The highest BCUT2D eigenvalue weighted by atomic mass is 35.5. The molecule has 0 atom stereocenters. The van der Waals surface area contributed by atoms with Crippen molar-refractivity contribution in [3.05, 3.63) is 45.6 Å². The van der Waals surface area contributed by atoms with E-state index in [0.29, 0.717) is 22.8 Å². The molecule has 3 aromatic rings. The summed E-state index contributed by atoms with van der Waals surface area (Å²) in [6.45, 7) is 0. The molecule has 0 aliphatic carbocycles. The molecule has 3 N–H and O–H groups in total. The zero-order chi connectivity index (χ0) is 15.9. The van der Waals surface area contributed by atoms with Crippen molar-refractivity contribution < 1.29 is 13.2 Å². The molecule has 0 fully saturated rings. The molecule has 1 aromatic carbocycles. The lowest BCUT2D eigenvalue weighted by atomic mass is 10.3. The maximum atomic E-state index is 12.7. The number of nitrogens with zero attached hydrogens (tertiary/aromatic N) is 2. The maximum Gasteiger partial charge on any atom is 0.433 e. The van der Waals surface area contributed by atoms with Gasteiger partial charge < -0.3 is 15.3 Å². The van der Waals surface area contributed by atoms with Crippen LogP contribution in [-0.4, -0.2) is 19.9 Å². The van der Waals surface area contributed by atoms with E-state index < -0.39 is 11.9 Å². The average molecular weight is 330 g/mol. The fourth-order valence-corrected chi connectivity index (χ4v) is 2.04. The molecule has 0 unspecified atom stereocenters. The van der Waals surface area contributed by atoms with E-state index in [1.807, 2.05) is 0 Å². The van der Waals surface area contributed by atoms with Gasteiger partial charge in [-0.1, -0.05) is 11.6 Å². The van der Waals surface area contributed by atoms with Crippen LogP contribution in [0.4, 0.5) is 24.8 Å². The van der Waals surface area contributed by atoms with Crippen molar-refractivity contribution in [1.82, 2.24) is 19.9 Å². The summed E-state index contributed by atoms with van der Waals surface area (Å²) in [6.07, 6.45) is -4.63. The van der Waals surface area contributed by atoms with Crippen molar-refractivity contribution in [2.24, 2.45) is 0 Å². The van der Waals surface area contributed by atoms with E-state index in [4.69, 9.17) is 11.6 Å². The maximum absolute atomic E-state index is 12.7. The topological polar surface area (TPSA) is 86.5 Å². The van der Waals surface area contributed by atoms with E-state index >= 15 is 0 Å². The second kappa shape index (κ2) is 5.02. The second-order valence-corrected chi connectivity index (χ2v) is 4.75. The van der Waals surface area contributed by atoms with Gasteiger partial charge in [-0.15, -0.1) is 0 Å². The molecule has 22 heavy (non-hydrogen) atoms. The van der Waals surface area contributed by atoms with Crippen LogP contribution >= 0.6 is 11.6 Å². The first-order valence-electron chi connectivity index (χ1n) is 5.92. The first kappa shape index (κ1) is 14.4. The number of hydrogen-bond donors (Lipinski definition) is 3. The molecule has 0 amide bonds. The summed E-state index contributed by atoms with van der Waals surface area (Å²) in [4.78, 5) is 23.3. The van der Waals surface area contributed by atoms with Crippen LogP contribution in [0, 0.1) is 0 Å². The highest BCUT2D eigenvalue weighted by Gasteiger charge is 2.33. The normalized spacial score (nSPS) is 11.8. The Morgan fingerprint density at radius 2 is 1.82 bits per heavy atom. The van der Waals surface area contributed by atoms with Crippen LogP contribution in [0.2, 0.25) is 5.15 Å².